The zero-order valence-corrected chi connectivity index (χ0v) is 10.4. The monoisotopic (exact) mass is 244 g/mol. The molecule has 98 valence electrons. The molecule has 17 heavy (non-hydrogen) atoms. The first-order chi connectivity index (χ1) is 8.15. The summed E-state index contributed by atoms with van der Waals surface area (Å²) >= 11 is 0. The number of nitrogens with one attached hydrogen (secondary N) is 1. The summed E-state index contributed by atoms with van der Waals surface area (Å²) in [6.45, 7) is 3.93. The second-order valence-corrected chi connectivity index (χ2v) is 4.02. The average molecular weight is 244 g/mol. The summed E-state index contributed by atoms with van der Waals surface area (Å²) in [5.41, 5.74) is 0. The van der Waals surface area contributed by atoms with Crippen molar-refractivity contribution in [3.05, 3.63) is 0 Å². The van der Waals surface area contributed by atoms with Crippen molar-refractivity contribution >= 4 is 12.1 Å². The molecule has 1 heterocycles. The maximum Gasteiger partial charge on any atom is 0.407 e. The SMILES string of the molecule is CCOC(=O)N[C@@H]1CCCN(CC(=O)OC)C1. The fourth-order valence-corrected chi connectivity index (χ4v) is 1.90. The third-order valence-corrected chi connectivity index (χ3v) is 2.68. The molecule has 0 aliphatic carbocycles. The standard InChI is InChI=1S/C11H20N2O4/c1-3-17-11(15)12-9-5-4-6-13(7-9)8-10(14)16-2/h9H,3-8H2,1-2H3,(H,12,15)/t9-/m1/s1. The highest BCUT2D eigenvalue weighted by atomic mass is 16.5. The lowest BCUT2D eigenvalue weighted by Crippen LogP contribution is -2.49. The van der Waals surface area contributed by atoms with Crippen molar-refractivity contribution in [3.63, 3.8) is 0 Å². The number of carbonyl (C=O) groups excluding carboxylic acids is 2. The lowest BCUT2D eigenvalue weighted by Gasteiger charge is -2.31. The molecule has 1 N–H and O–H groups in total. The van der Waals surface area contributed by atoms with Gasteiger partial charge in [-0.2, -0.15) is 0 Å². The van der Waals surface area contributed by atoms with Crippen molar-refractivity contribution in [1.29, 1.82) is 0 Å². The normalized spacial score (nSPS) is 20.7. The van der Waals surface area contributed by atoms with Gasteiger partial charge in [0.1, 0.15) is 0 Å². The van der Waals surface area contributed by atoms with Crippen LogP contribution < -0.4 is 5.32 Å². The molecule has 0 radical (unpaired) electrons. The number of amides is 1. The number of nitrogens with zero attached hydrogens (tertiary/aromatic N) is 1. The summed E-state index contributed by atoms with van der Waals surface area (Å²) in [5.74, 6) is -0.248. The Kier molecular flexibility index (Phi) is 5.76. The van der Waals surface area contributed by atoms with E-state index in [4.69, 9.17) is 4.74 Å². The number of carbonyl (C=O) groups is 2. The molecule has 0 aromatic carbocycles. The first-order valence-electron chi connectivity index (χ1n) is 5.88. The zero-order chi connectivity index (χ0) is 12.7. The molecule has 1 saturated heterocycles. The number of methoxy groups -OCH3 is 1. The summed E-state index contributed by atoms with van der Waals surface area (Å²) in [7, 11) is 1.38. The molecule has 1 amide bonds. The van der Waals surface area contributed by atoms with E-state index in [1.807, 2.05) is 4.90 Å². The molecule has 6 heteroatoms. The minimum absolute atomic E-state index is 0.0486. The minimum atomic E-state index is -0.391. The largest absolute Gasteiger partial charge is 0.468 e. The lowest BCUT2D eigenvalue weighted by atomic mass is 10.1. The van der Waals surface area contributed by atoms with Gasteiger partial charge in [-0.15, -0.1) is 0 Å². The van der Waals surface area contributed by atoms with Gasteiger partial charge in [-0.1, -0.05) is 0 Å². The highest BCUT2D eigenvalue weighted by molar-refractivity contribution is 5.71. The van der Waals surface area contributed by atoms with Crippen molar-refractivity contribution in [1.82, 2.24) is 10.2 Å². The number of hydrogen-bond donors (Lipinski definition) is 1. The first kappa shape index (κ1) is 13.8. The molecule has 0 unspecified atom stereocenters. The van der Waals surface area contributed by atoms with E-state index in [9.17, 15) is 9.59 Å². The Morgan fingerprint density at radius 2 is 2.24 bits per heavy atom. The Hall–Kier alpha value is -1.30. The second-order valence-electron chi connectivity index (χ2n) is 4.02. The Balaban J connectivity index is 2.33. The van der Waals surface area contributed by atoms with Crippen LogP contribution in [0.2, 0.25) is 0 Å². The molecule has 0 aromatic heterocycles. The average Bonchev–Trinajstić information content (AvgIpc) is 2.29. The molecule has 0 spiro atoms. The van der Waals surface area contributed by atoms with Gasteiger partial charge in [0.25, 0.3) is 0 Å². The van der Waals surface area contributed by atoms with Crippen LogP contribution in [0.25, 0.3) is 0 Å². The Bertz CT molecular complexity index is 270. The van der Waals surface area contributed by atoms with Crippen molar-refractivity contribution in [2.24, 2.45) is 0 Å². The number of hydrogen-bond acceptors (Lipinski definition) is 5. The van der Waals surface area contributed by atoms with E-state index in [-0.39, 0.29) is 18.6 Å². The van der Waals surface area contributed by atoms with E-state index in [1.165, 1.54) is 7.11 Å². The summed E-state index contributed by atoms with van der Waals surface area (Å²) in [6, 6.07) is 0.0486. The second kappa shape index (κ2) is 7.11. The van der Waals surface area contributed by atoms with Gasteiger partial charge in [-0.25, -0.2) is 4.79 Å². The van der Waals surface area contributed by atoms with E-state index in [0.717, 1.165) is 19.4 Å². The van der Waals surface area contributed by atoms with Gasteiger partial charge in [-0.3, -0.25) is 9.69 Å². The molecule has 1 rings (SSSR count). The van der Waals surface area contributed by atoms with E-state index < -0.39 is 6.09 Å². The van der Waals surface area contributed by atoms with Gasteiger partial charge in [0.2, 0.25) is 0 Å². The van der Waals surface area contributed by atoms with Crippen molar-refractivity contribution < 1.29 is 19.1 Å². The van der Waals surface area contributed by atoms with Crippen LogP contribution in [0.1, 0.15) is 19.8 Å². The maximum atomic E-state index is 11.3. The van der Waals surface area contributed by atoms with Gasteiger partial charge in [0.05, 0.1) is 20.3 Å². The van der Waals surface area contributed by atoms with Crippen LogP contribution in [-0.2, 0) is 14.3 Å². The van der Waals surface area contributed by atoms with Crippen molar-refractivity contribution in [2.45, 2.75) is 25.8 Å². The summed E-state index contributed by atoms with van der Waals surface area (Å²) in [5, 5.41) is 2.79. The molecule has 0 bridgehead atoms. The molecule has 0 aromatic rings. The molecule has 1 atom stereocenters. The topological polar surface area (TPSA) is 67.9 Å². The van der Waals surface area contributed by atoms with Crippen LogP contribution in [-0.4, -0.2) is 56.4 Å². The van der Waals surface area contributed by atoms with Gasteiger partial charge >= 0.3 is 12.1 Å². The van der Waals surface area contributed by atoms with E-state index >= 15 is 0 Å². The molecule has 1 aliphatic rings. The fraction of sp³-hybridized carbons (Fsp3) is 0.818. The Morgan fingerprint density at radius 3 is 2.88 bits per heavy atom. The Labute approximate surface area is 101 Å². The van der Waals surface area contributed by atoms with Crippen LogP contribution in [0.3, 0.4) is 0 Å². The molecule has 6 nitrogen and oxygen atoms in total. The van der Waals surface area contributed by atoms with Crippen LogP contribution >= 0.6 is 0 Å². The Morgan fingerprint density at radius 1 is 1.47 bits per heavy atom. The fourth-order valence-electron chi connectivity index (χ4n) is 1.90. The van der Waals surface area contributed by atoms with Crippen LogP contribution in [0, 0.1) is 0 Å². The van der Waals surface area contributed by atoms with Crippen LogP contribution in [0.4, 0.5) is 4.79 Å². The molecule has 0 saturated carbocycles. The van der Waals surface area contributed by atoms with Crippen molar-refractivity contribution in [3.8, 4) is 0 Å². The van der Waals surface area contributed by atoms with Crippen LogP contribution in [0.5, 0.6) is 0 Å². The van der Waals surface area contributed by atoms with Crippen LogP contribution in [0.15, 0.2) is 0 Å². The van der Waals surface area contributed by atoms with Crippen molar-refractivity contribution in [2.75, 3.05) is 33.4 Å². The summed E-state index contributed by atoms with van der Waals surface area (Å²) in [4.78, 5) is 24.4. The highest BCUT2D eigenvalue weighted by Crippen LogP contribution is 2.10. The number of alkyl carbamates (subject to hydrolysis) is 1. The number of ether oxygens (including phenoxy) is 2. The number of piperidine rings is 1. The molecular formula is C11H20N2O4. The quantitative estimate of drug-likeness (QED) is 0.724. The zero-order valence-electron chi connectivity index (χ0n) is 10.4. The first-order valence-corrected chi connectivity index (χ1v) is 5.88. The van der Waals surface area contributed by atoms with Gasteiger partial charge in [0, 0.05) is 12.6 Å². The highest BCUT2D eigenvalue weighted by Gasteiger charge is 2.23. The minimum Gasteiger partial charge on any atom is -0.468 e. The summed E-state index contributed by atoms with van der Waals surface area (Å²) < 4.78 is 9.44. The van der Waals surface area contributed by atoms with Gasteiger partial charge in [0.15, 0.2) is 0 Å². The lowest BCUT2D eigenvalue weighted by molar-refractivity contribution is -0.142. The predicted octanol–water partition coefficient (Wildman–Crippen LogP) is 0.370. The predicted molar refractivity (Wildman–Crippen MR) is 61.6 cm³/mol. The van der Waals surface area contributed by atoms with E-state index in [0.29, 0.717) is 13.2 Å². The number of rotatable bonds is 4. The third kappa shape index (κ3) is 5.04. The smallest absolute Gasteiger partial charge is 0.407 e. The van der Waals surface area contributed by atoms with E-state index in [1.54, 1.807) is 6.92 Å². The van der Waals surface area contributed by atoms with Gasteiger partial charge < -0.3 is 14.8 Å². The maximum absolute atomic E-state index is 11.3. The molecule has 1 aliphatic heterocycles. The molecule has 1 fully saturated rings. The molecular weight excluding hydrogens is 224 g/mol. The van der Waals surface area contributed by atoms with Gasteiger partial charge in [-0.05, 0) is 26.3 Å². The van der Waals surface area contributed by atoms with E-state index in [2.05, 4.69) is 10.1 Å². The third-order valence-electron chi connectivity index (χ3n) is 2.68. The number of likely N-dealkylation sites (tertiary alicyclic amines) is 1. The summed E-state index contributed by atoms with van der Waals surface area (Å²) in [6.07, 6.45) is 1.47. The number of esters is 1.